The van der Waals surface area contributed by atoms with E-state index in [0.717, 1.165) is 5.52 Å². The van der Waals surface area contributed by atoms with Crippen molar-refractivity contribution in [2.45, 2.75) is 6.36 Å². The Labute approximate surface area is 123 Å². The van der Waals surface area contributed by atoms with Crippen LogP contribution in [0.1, 0.15) is 11.5 Å². The molecule has 2 aromatic carbocycles. The molecule has 0 aliphatic rings. The highest BCUT2D eigenvalue weighted by Crippen LogP contribution is 2.24. The molecule has 0 spiro atoms. The van der Waals surface area contributed by atoms with E-state index in [1.807, 2.05) is 18.2 Å². The molecule has 3 rings (SSSR count). The zero-order valence-electron chi connectivity index (χ0n) is 11.2. The quantitative estimate of drug-likeness (QED) is 0.690. The van der Waals surface area contributed by atoms with Gasteiger partial charge in [0.05, 0.1) is 0 Å². The number of fused-ring (bicyclic) bond motifs is 1. The summed E-state index contributed by atoms with van der Waals surface area (Å²) in [4.78, 5) is 4.24. The van der Waals surface area contributed by atoms with Crippen molar-refractivity contribution in [3.8, 4) is 5.75 Å². The van der Waals surface area contributed by atoms with Gasteiger partial charge in [0, 0.05) is 6.08 Å². The van der Waals surface area contributed by atoms with Gasteiger partial charge < -0.3 is 9.15 Å². The second-order valence-electron chi connectivity index (χ2n) is 4.47. The number of alkyl halides is 3. The summed E-state index contributed by atoms with van der Waals surface area (Å²) in [6.45, 7) is 0. The molecule has 0 aliphatic heterocycles. The van der Waals surface area contributed by atoms with Crippen LogP contribution < -0.4 is 4.74 Å². The molecule has 0 amide bonds. The molecule has 0 unspecified atom stereocenters. The van der Waals surface area contributed by atoms with Crippen molar-refractivity contribution in [1.29, 1.82) is 0 Å². The Bertz CT molecular complexity index is 788. The van der Waals surface area contributed by atoms with Gasteiger partial charge in [-0.25, -0.2) is 4.98 Å². The van der Waals surface area contributed by atoms with E-state index in [4.69, 9.17) is 4.42 Å². The summed E-state index contributed by atoms with van der Waals surface area (Å²) in [5.41, 5.74) is 1.91. The summed E-state index contributed by atoms with van der Waals surface area (Å²) < 4.78 is 45.9. The van der Waals surface area contributed by atoms with Crippen LogP contribution in [0.3, 0.4) is 0 Å². The topological polar surface area (TPSA) is 35.3 Å². The van der Waals surface area contributed by atoms with Crippen LogP contribution >= 0.6 is 0 Å². The number of benzene rings is 2. The Morgan fingerprint density at radius 1 is 1.00 bits per heavy atom. The largest absolute Gasteiger partial charge is 0.573 e. The first kappa shape index (κ1) is 14.2. The minimum absolute atomic E-state index is 0.271. The first-order chi connectivity index (χ1) is 10.5. The van der Waals surface area contributed by atoms with Crippen molar-refractivity contribution in [3.63, 3.8) is 0 Å². The van der Waals surface area contributed by atoms with Gasteiger partial charge in [-0.2, -0.15) is 0 Å². The predicted molar refractivity (Wildman–Crippen MR) is 76.1 cm³/mol. The van der Waals surface area contributed by atoms with Crippen LogP contribution in [0.2, 0.25) is 0 Å². The van der Waals surface area contributed by atoms with Crippen molar-refractivity contribution in [3.05, 3.63) is 60.0 Å². The molecule has 22 heavy (non-hydrogen) atoms. The molecule has 0 radical (unpaired) electrons. The van der Waals surface area contributed by atoms with Crippen LogP contribution in [-0.4, -0.2) is 11.3 Å². The molecule has 0 fully saturated rings. The number of aromatic nitrogens is 1. The number of hydrogen-bond acceptors (Lipinski definition) is 3. The molecule has 0 N–H and O–H groups in total. The first-order valence-electron chi connectivity index (χ1n) is 6.39. The van der Waals surface area contributed by atoms with Gasteiger partial charge in [0.1, 0.15) is 11.3 Å². The monoisotopic (exact) mass is 305 g/mol. The highest BCUT2D eigenvalue weighted by atomic mass is 19.4. The second-order valence-corrected chi connectivity index (χ2v) is 4.47. The van der Waals surface area contributed by atoms with Crippen LogP contribution in [0.5, 0.6) is 5.75 Å². The first-order valence-corrected chi connectivity index (χ1v) is 6.39. The zero-order valence-corrected chi connectivity index (χ0v) is 11.2. The van der Waals surface area contributed by atoms with Crippen molar-refractivity contribution in [1.82, 2.24) is 4.98 Å². The van der Waals surface area contributed by atoms with Crippen molar-refractivity contribution >= 4 is 23.3 Å². The molecule has 1 heterocycles. The molecule has 1 aromatic heterocycles. The van der Waals surface area contributed by atoms with Gasteiger partial charge in [-0.1, -0.05) is 24.3 Å². The maximum absolute atomic E-state index is 12.2. The van der Waals surface area contributed by atoms with Gasteiger partial charge in [-0.15, -0.1) is 13.2 Å². The van der Waals surface area contributed by atoms with Gasteiger partial charge in [0.15, 0.2) is 5.58 Å². The van der Waals surface area contributed by atoms with Crippen molar-refractivity contribution in [2.75, 3.05) is 0 Å². The normalized spacial score (nSPS) is 12.1. The number of nitrogens with zero attached hydrogens (tertiary/aromatic N) is 1. The third-order valence-electron chi connectivity index (χ3n) is 2.82. The molecule has 0 saturated heterocycles. The lowest BCUT2D eigenvalue weighted by molar-refractivity contribution is -0.274. The number of para-hydroxylation sites is 2. The van der Waals surface area contributed by atoms with Gasteiger partial charge in [0.25, 0.3) is 0 Å². The fourth-order valence-corrected chi connectivity index (χ4v) is 1.94. The number of oxazole rings is 1. The van der Waals surface area contributed by atoms with Gasteiger partial charge in [-0.05, 0) is 35.9 Å². The molecule has 0 saturated carbocycles. The Morgan fingerprint density at radius 2 is 1.82 bits per heavy atom. The van der Waals surface area contributed by atoms with E-state index in [-0.39, 0.29) is 5.75 Å². The van der Waals surface area contributed by atoms with E-state index in [2.05, 4.69) is 9.72 Å². The third-order valence-corrected chi connectivity index (χ3v) is 2.82. The maximum atomic E-state index is 12.2. The van der Waals surface area contributed by atoms with Crippen molar-refractivity contribution < 1.29 is 22.3 Å². The maximum Gasteiger partial charge on any atom is 0.573 e. The molecule has 112 valence electrons. The summed E-state index contributed by atoms with van der Waals surface area (Å²) in [5.74, 6) is 0.107. The Morgan fingerprint density at radius 3 is 2.59 bits per heavy atom. The lowest BCUT2D eigenvalue weighted by Gasteiger charge is -2.08. The highest BCUT2D eigenvalue weighted by Gasteiger charge is 2.30. The second kappa shape index (κ2) is 5.55. The van der Waals surface area contributed by atoms with Crippen LogP contribution in [0.4, 0.5) is 13.2 Å². The van der Waals surface area contributed by atoms with Crippen LogP contribution in [0, 0.1) is 0 Å². The predicted octanol–water partition coefficient (Wildman–Crippen LogP) is 4.90. The fraction of sp³-hybridized carbons (Fsp3) is 0.0625. The highest BCUT2D eigenvalue weighted by molar-refractivity contribution is 5.76. The van der Waals surface area contributed by atoms with Gasteiger partial charge >= 0.3 is 6.36 Å². The molecule has 0 bridgehead atoms. The average Bonchev–Trinajstić information content (AvgIpc) is 2.86. The summed E-state index contributed by atoms with van der Waals surface area (Å²) in [6, 6.07) is 12.9. The molecule has 6 heteroatoms. The molecule has 0 atom stereocenters. The number of halogens is 3. The summed E-state index contributed by atoms with van der Waals surface area (Å²) in [5, 5.41) is 0. The van der Waals surface area contributed by atoms with E-state index in [1.165, 1.54) is 18.2 Å². The lowest BCUT2D eigenvalue weighted by Crippen LogP contribution is -2.17. The van der Waals surface area contributed by atoms with E-state index >= 15 is 0 Å². The van der Waals surface area contributed by atoms with E-state index < -0.39 is 6.36 Å². The summed E-state index contributed by atoms with van der Waals surface area (Å²) >= 11 is 0. The van der Waals surface area contributed by atoms with E-state index in [0.29, 0.717) is 17.0 Å². The Kier molecular flexibility index (Phi) is 3.58. The standard InChI is InChI=1S/C16H10F3NO2/c17-16(18,19)22-12-5-3-4-11(10-12)8-9-15-20-13-6-1-2-7-14(13)21-15/h1-10H/b9-8+. The zero-order chi connectivity index (χ0) is 15.6. The molecular weight excluding hydrogens is 295 g/mol. The van der Waals surface area contributed by atoms with Crippen LogP contribution in [-0.2, 0) is 0 Å². The van der Waals surface area contributed by atoms with Crippen LogP contribution in [0.15, 0.2) is 52.9 Å². The number of hydrogen-bond donors (Lipinski definition) is 0. The lowest BCUT2D eigenvalue weighted by atomic mass is 10.2. The molecular formula is C16H10F3NO2. The summed E-state index contributed by atoms with van der Waals surface area (Å²) in [6.07, 6.45) is -1.51. The van der Waals surface area contributed by atoms with E-state index in [1.54, 1.807) is 24.3 Å². The molecule has 3 aromatic rings. The minimum atomic E-state index is -4.71. The molecule has 3 nitrogen and oxygen atoms in total. The van der Waals surface area contributed by atoms with Crippen molar-refractivity contribution in [2.24, 2.45) is 0 Å². The SMILES string of the molecule is FC(F)(F)Oc1cccc(/C=C/c2nc3ccccc3o2)c1. The Balaban J connectivity index is 1.81. The fourth-order valence-electron chi connectivity index (χ4n) is 1.94. The smallest absolute Gasteiger partial charge is 0.437 e. The number of rotatable bonds is 3. The Hall–Kier alpha value is -2.76. The van der Waals surface area contributed by atoms with Crippen LogP contribution in [0.25, 0.3) is 23.3 Å². The van der Waals surface area contributed by atoms with Gasteiger partial charge in [0.2, 0.25) is 5.89 Å². The minimum Gasteiger partial charge on any atom is -0.437 e. The molecule has 0 aliphatic carbocycles. The average molecular weight is 305 g/mol. The third kappa shape index (κ3) is 3.46. The van der Waals surface area contributed by atoms with Gasteiger partial charge in [-0.3, -0.25) is 0 Å². The number of ether oxygens (including phenoxy) is 1. The van der Waals surface area contributed by atoms with E-state index in [9.17, 15) is 13.2 Å². The summed E-state index contributed by atoms with van der Waals surface area (Å²) in [7, 11) is 0.